The Morgan fingerprint density at radius 3 is 2.74 bits per heavy atom. The largest absolute Gasteiger partial charge is 0.361 e. The van der Waals surface area contributed by atoms with Crippen molar-refractivity contribution in [1.82, 2.24) is 15.6 Å². The third-order valence-electron chi connectivity index (χ3n) is 4.49. The average molecular weight is 313 g/mol. The third-order valence-corrected chi connectivity index (χ3v) is 4.49. The van der Waals surface area contributed by atoms with E-state index in [0.29, 0.717) is 6.42 Å². The van der Waals surface area contributed by atoms with Gasteiger partial charge in [0.2, 0.25) is 11.8 Å². The molecule has 1 saturated carbocycles. The SMILES string of the molecule is CC(=O)NC(Cc1c[nH]c2ccccc12)C(=O)NC1CCCC1. The molecule has 1 aromatic heterocycles. The molecule has 1 atom stereocenters. The number of para-hydroxylation sites is 1. The second-order valence-corrected chi connectivity index (χ2v) is 6.31. The van der Waals surface area contributed by atoms with Crippen molar-refractivity contribution in [2.45, 2.75) is 51.1 Å². The van der Waals surface area contributed by atoms with Crippen molar-refractivity contribution in [2.24, 2.45) is 0 Å². The molecule has 5 nitrogen and oxygen atoms in total. The predicted molar refractivity (Wildman–Crippen MR) is 90.0 cm³/mol. The lowest BCUT2D eigenvalue weighted by molar-refractivity contribution is -0.128. The summed E-state index contributed by atoms with van der Waals surface area (Å²) in [5.74, 6) is -0.270. The van der Waals surface area contributed by atoms with E-state index in [0.717, 1.165) is 42.1 Å². The lowest BCUT2D eigenvalue weighted by Crippen LogP contribution is -2.49. The Morgan fingerprint density at radius 1 is 1.26 bits per heavy atom. The number of carbonyl (C=O) groups excluding carboxylic acids is 2. The predicted octanol–water partition coefficient (Wildman–Crippen LogP) is 2.27. The van der Waals surface area contributed by atoms with Crippen molar-refractivity contribution in [3.05, 3.63) is 36.0 Å². The van der Waals surface area contributed by atoms with Gasteiger partial charge in [-0.3, -0.25) is 9.59 Å². The van der Waals surface area contributed by atoms with Gasteiger partial charge in [-0.1, -0.05) is 31.0 Å². The van der Waals surface area contributed by atoms with Crippen molar-refractivity contribution >= 4 is 22.7 Å². The first-order valence-corrected chi connectivity index (χ1v) is 8.26. The molecule has 2 aromatic rings. The fourth-order valence-corrected chi connectivity index (χ4v) is 3.35. The van der Waals surface area contributed by atoms with Crippen LogP contribution in [0.25, 0.3) is 10.9 Å². The Labute approximate surface area is 135 Å². The summed E-state index contributed by atoms with van der Waals surface area (Å²) in [4.78, 5) is 27.3. The topological polar surface area (TPSA) is 74.0 Å². The van der Waals surface area contributed by atoms with Crippen molar-refractivity contribution in [3.63, 3.8) is 0 Å². The van der Waals surface area contributed by atoms with Crippen LogP contribution in [0.15, 0.2) is 30.5 Å². The highest BCUT2D eigenvalue weighted by atomic mass is 16.2. The van der Waals surface area contributed by atoms with Gasteiger partial charge in [0.25, 0.3) is 0 Å². The molecule has 3 N–H and O–H groups in total. The zero-order valence-electron chi connectivity index (χ0n) is 13.4. The van der Waals surface area contributed by atoms with E-state index >= 15 is 0 Å². The van der Waals surface area contributed by atoms with Gasteiger partial charge >= 0.3 is 0 Å². The fraction of sp³-hybridized carbons (Fsp3) is 0.444. The van der Waals surface area contributed by atoms with Crippen LogP contribution in [0.3, 0.4) is 0 Å². The third kappa shape index (κ3) is 3.73. The summed E-state index contributed by atoms with van der Waals surface area (Å²) < 4.78 is 0. The zero-order valence-corrected chi connectivity index (χ0v) is 13.4. The zero-order chi connectivity index (χ0) is 16.2. The molecule has 2 amide bonds. The number of H-pyrrole nitrogens is 1. The number of aromatic amines is 1. The van der Waals surface area contributed by atoms with Crippen LogP contribution in [0.2, 0.25) is 0 Å². The van der Waals surface area contributed by atoms with Gasteiger partial charge in [0.05, 0.1) is 0 Å². The van der Waals surface area contributed by atoms with Gasteiger partial charge in [0, 0.05) is 36.5 Å². The molecule has 5 heteroatoms. The molecular weight excluding hydrogens is 290 g/mol. The van der Waals surface area contributed by atoms with Gasteiger partial charge < -0.3 is 15.6 Å². The lowest BCUT2D eigenvalue weighted by atomic mass is 10.0. The summed E-state index contributed by atoms with van der Waals surface area (Å²) in [6, 6.07) is 7.70. The van der Waals surface area contributed by atoms with E-state index < -0.39 is 6.04 Å². The highest BCUT2D eigenvalue weighted by molar-refractivity contribution is 5.89. The number of nitrogens with one attached hydrogen (secondary N) is 3. The average Bonchev–Trinajstić information content (AvgIpc) is 3.16. The first kappa shape index (κ1) is 15.6. The quantitative estimate of drug-likeness (QED) is 0.792. The summed E-state index contributed by atoms with van der Waals surface area (Å²) in [6.45, 7) is 1.45. The van der Waals surface area contributed by atoms with Crippen LogP contribution in [0.1, 0.15) is 38.2 Å². The number of rotatable bonds is 5. The highest BCUT2D eigenvalue weighted by Gasteiger charge is 2.25. The summed E-state index contributed by atoms with van der Waals surface area (Å²) in [5, 5.41) is 6.97. The molecular formula is C18H23N3O2. The molecule has 1 fully saturated rings. The molecule has 1 aromatic carbocycles. The summed E-state index contributed by atoms with van der Waals surface area (Å²) in [7, 11) is 0. The van der Waals surface area contributed by atoms with E-state index in [1.165, 1.54) is 6.92 Å². The molecule has 0 bridgehead atoms. The van der Waals surface area contributed by atoms with Crippen LogP contribution >= 0.6 is 0 Å². The van der Waals surface area contributed by atoms with Gasteiger partial charge in [0.1, 0.15) is 6.04 Å². The van der Waals surface area contributed by atoms with Crippen LogP contribution in [-0.4, -0.2) is 28.9 Å². The number of benzene rings is 1. The second-order valence-electron chi connectivity index (χ2n) is 6.31. The Hall–Kier alpha value is -2.30. The normalized spacial score (nSPS) is 16.4. The minimum atomic E-state index is -0.535. The van der Waals surface area contributed by atoms with E-state index in [9.17, 15) is 9.59 Å². The Morgan fingerprint density at radius 2 is 2.00 bits per heavy atom. The van der Waals surface area contributed by atoms with Gasteiger partial charge in [-0.2, -0.15) is 0 Å². The maximum absolute atomic E-state index is 12.6. The van der Waals surface area contributed by atoms with Crippen molar-refractivity contribution in [1.29, 1.82) is 0 Å². The van der Waals surface area contributed by atoms with Gasteiger partial charge in [-0.25, -0.2) is 0 Å². The molecule has 23 heavy (non-hydrogen) atoms. The van der Waals surface area contributed by atoms with E-state index in [2.05, 4.69) is 15.6 Å². The molecule has 0 saturated heterocycles. The van der Waals surface area contributed by atoms with Crippen molar-refractivity contribution < 1.29 is 9.59 Å². The van der Waals surface area contributed by atoms with Crippen LogP contribution in [0.5, 0.6) is 0 Å². The van der Waals surface area contributed by atoms with Gasteiger partial charge in [-0.15, -0.1) is 0 Å². The Bertz CT molecular complexity index is 701. The molecule has 1 aliphatic carbocycles. The fourth-order valence-electron chi connectivity index (χ4n) is 3.35. The van der Waals surface area contributed by atoms with Gasteiger partial charge in [0.15, 0.2) is 0 Å². The van der Waals surface area contributed by atoms with Crippen molar-refractivity contribution in [3.8, 4) is 0 Å². The number of hydrogen-bond acceptors (Lipinski definition) is 2. The van der Waals surface area contributed by atoms with E-state index in [4.69, 9.17) is 0 Å². The van der Waals surface area contributed by atoms with Crippen LogP contribution in [-0.2, 0) is 16.0 Å². The summed E-state index contributed by atoms with van der Waals surface area (Å²) in [5.41, 5.74) is 2.08. The van der Waals surface area contributed by atoms with Crippen LogP contribution < -0.4 is 10.6 Å². The van der Waals surface area contributed by atoms with E-state index in [1.807, 2.05) is 30.5 Å². The van der Waals surface area contributed by atoms with Crippen LogP contribution in [0.4, 0.5) is 0 Å². The molecule has 0 aliphatic heterocycles. The number of hydrogen-bond donors (Lipinski definition) is 3. The first-order chi connectivity index (χ1) is 11.1. The monoisotopic (exact) mass is 313 g/mol. The van der Waals surface area contributed by atoms with Crippen LogP contribution in [0, 0.1) is 0 Å². The first-order valence-electron chi connectivity index (χ1n) is 8.26. The molecule has 122 valence electrons. The number of fused-ring (bicyclic) bond motifs is 1. The Kier molecular flexibility index (Phi) is 4.65. The molecule has 0 spiro atoms. The summed E-state index contributed by atoms with van der Waals surface area (Å²) in [6.07, 6.45) is 6.80. The number of carbonyl (C=O) groups is 2. The maximum Gasteiger partial charge on any atom is 0.243 e. The standard InChI is InChI=1S/C18H23N3O2/c1-12(22)20-17(18(23)21-14-6-2-3-7-14)10-13-11-19-16-9-5-4-8-15(13)16/h4-5,8-9,11,14,17,19H,2-3,6-7,10H2,1H3,(H,20,22)(H,21,23). The minimum absolute atomic E-state index is 0.0858. The van der Waals surface area contributed by atoms with Crippen molar-refractivity contribution in [2.75, 3.05) is 0 Å². The second kappa shape index (κ2) is 6.86. The van der Waals surface area contributed by atoms with E-state index in [-0.39, 0.29) is 17.9 Å². The highest BCUT2D eigenvalue weighted by Crippen LogP contribution is 2.20. The number of aromatic nitrogens is 1. The minimum Gasteiger partial charge on any atom is -0.361 e. The molecule has 3 rings (SSSR count). The molecule has 1 unspecified atom stereocenters. The lowest BCUT2D eigenvalue weighted by Gasteiger charge is -2.20. The maximum atomic E-state index is 12.6. The summed E-state index contributed by atoms with van der Waals surface area (Å²) >= 11 is 0. The molecule has 1 aliphatic rings. The molecule has 0 radical (unpaired) electrons. The molecule has 1 heterocycles. The van der Waals surface area contributed by atoms with E-state index in [1.54, 1.807) is 0 Å². The smallest absolute Gasteiger partial charge is 0.243 e. The Balaban J connectivity index is 1.75. The number of amides is 2. The van der Waals surface area contributed by atoms with Gasteiger partial charge in [-0.05, 0) is 24.5 Å².